The minimum atomic E-state index is 0.193. The van der Waals surface area contributed by atoms with Crippen molar-refractivity contribution in [2.24, 2.45) is 17.6 Å². The molecule has 2 aromatic carbocycles. The zero-order valence-electron chi connectivity index (χ0n) is 16.0. The lowest BCUT2D eigenvalue weighted by Crippen LogP contribution is -2.36. The highest BCUT2D eigenvalue weighted by Gasteiger charge is 2.38. The van der Waals surface area contributed by atoms with Gasteiger partial charge in [0.1, 0.15) is 0 Å². The summed E-state index contributed by atoms with van der Waals surface area (Å²) in [6, 6.07) is 21.3. The van der Waals surface area contributed by atoms with Crippen LogP contribution in [-0.2, 0) is 4.79 Å². The summed E-state index contributed by atoms with van der Waals surface area (Å²) in [5, 5.41) is 0. The maximum Gasteiger partial charge on any atom is 0.225 e. The second-order valence-electron chi connectivity index (χ2n) is 8.22. The van der Waals surface area contributed by atoms with Gasteiger partial charge in [0.15, 0.2) is 0 Å². The summed E-state index contributed by atoms with van der Waals surface area (Å²) < 4.78 is 0. The highest BCUT2D eigenvalue weighted by atomic mass is 16.2. The Kier molecular flexibility index (Phi) is 5.58. The van der Waals surface area contributed by atoms with Gasteiger partial charge in [-0.05, 0) is 55.2 Å². The lowest BCUT2D eigenvalue weighted by atomic mass is 9.78. The van der Waals surface area contributed by atoms with Gasteiger partial charge < -0.3 is 10.6 Å². The van der Waals surface area contributed by atoms with Crippen molar-refractivity contribution in [3.63, 3.8) is 0 Å². The number of carbonyl (C=O) groups is 1. The van der Waals surface area contributed by atoms with E-state index in [2.05, 4.69) is 59.5 Å². The van der Waals surface area contributed by atoms with E-state index in [0.29, 0.717) is 30.2 Å². The van der Waals surface area contributed by atoms with E-state index in [-0.39, 0.29) is 5.92 Å². The van der Waals surface area contributed by atoms with Gasteiger partial charge in [-0.25, -0.2) is 0 Å². The van der Waals surface area contributed by atoms with Gasteiger partial charge in [0.2, 0.25) is 5.91 Å². The normalized spacial score (nSPS) is 28.3. The lowest BCUT2D eigenvalue weighted by Gasteiger charge is -2.31. The zero-order valence-corrected chi connectivity index (χ0v) is 16.0. The maximum atomic E-state index is 13.2. The van der Waals surface area contributed by atoms with Crippen LogP contribution in [0.1, 0.15) is 48.6 Å². The quantitative estimate of drug-likeness (QED) is 0.888. The summed E-state index contributed by atoms with van der Waals surface area (Å²) in [4.78, 5) is 15.3. The molecule has 3 nitrogen and oxygen atoms in total. The molecule has 2 aromatic rings. The number of nitrogens with two attached hydrogens (primary N) is 1. The van der Waals surface area contributed by atoms with Gasteiger partial charge in [-0.1, -0.05) is 60.7 Å². The molecule has 1 saturated heterocycles. The first-order chi connectivity index (χ1) is 13.3. The standard InChI is InChI=1S/C24H30N2O/c25-15-22-16-26(17-23(22)20-9-5-2-6-10-20)24(27)21-13-11-19(12-14-21)18-7-3-1-4-8-18/h1-10,19,21-23H,11-17,25H2/t19?,21?,22-,23+/m1/s1. The molecule has 2 atom stereocenters. The molecule has 1 heterocycles. The first-order valence-corrected chi connectivity index (χ1v) is 10.3. The van der Waals surface area contributed by atoms with E-state index in [4.69, 9.17) is 5.73 Å². The first kappa shape index (κ1) is 18.2. The Morgan fingerprint density at radius 1 is 0.852 bits per heavy atom. The summed E-state index contributed by atoms with van der Waals surface area (Å²) in [5.41, 5.74) is 8.79. The predicted octanol–water partition coefficient (Wildman–Crippen LogP) is 4.16. The minimum absolute atomic E-state index is 0.193. The van der Waals surface area contributed by atoms with Gasteiger partial charge >= 0.3 is 0 Å². The van der Waals surface area contributed by atoms with Gasteiger partial charge in [-0.3, -0.25) is 4.79 Å². The van der Waals surface area contributed by atoms with Crippen LogP contribution < -0.4 is 5.73 Å². The third kappa shape index (κ3) is 3.93. The van der Waals surface area contributed by atoms with Crippen molar-refractivity contribution in [2.75, 3.05) is 19.6 Å². The van der Waals surface area contributed by atoms with Crippen molar-refractivity contribution in [1.82, 2.24) is 4.90 Å². The van der Waals surface area contributed by atoms with Crippen molar-refractivity contribution in [2.45, 2.75) is 37.5 Å². The molecule has 3 heteroatoms. The van der Waals surface area contributed by atoms with Crippen LogP contribution in [0.3, 0.4) is 0 Å². The Bertz CT molecular complexity index is 737. The van der Waals surface area contributed by atoms with Crippen molar-refractivity contribution >= 4 is 5.91 Å². The Labute approximate surface area is 162 Å². The van der Waals surface area contributed by atoms with E-state index in [1.54, 1.807) is 0 Å². The molecule has 2 N–H and O–H groups in total. The van der Waals surface area contributed by atoms with E-state index in [9.17, 15) is 4.79 Å². The number of amides is 1. The molecule has 1 saturated carbocycles. The van der Waals surface area contributed by atoms with Crippen molar-refractivity contribution in [3.05, 3.63) is 71.8 Å². The van der Waals surface area contributed by atoms with Crippen molar-refractivity contribution < 1.29 is 4.79 Å². The zero-order chi connectivity index (χ0) is 18.6. The predicted molar refractivity (Wildman–Crippen MR) is 109 cm³/mol. The monoisotopic (exact) mass is 362 g/mol. The third-order valence-corrected chi connectivity index (χ3v) is 6.63. The van der Waals surface area contributed by atoms with Gasteiger partial charge in [0, 0.05) is 24.9 Å². The van der Waals surface area contributed by atoms with Crippen LogP contribution in [0, 0.1) is 11.8 Å². The number of hydrogen-bond donors (Lipinski definition) is 1. The molecule has 1 aliphatic carbocycles. The molecule has 2 fully saturated rings. The smallest absolute Gasteiger partial charge is 0.225 e. The van der Waals surface area contributed by atoms with Crippen LogP contribution in [0.4, 0.5) is 0 Å². The van der Waals surface area contributed by atoms with E-state index in [1.165, 1.54) is 11.1 Å². The average molecular weight is 363 g/mol. The topological polar surface area (TPSA) is 46.3 Å². The molecule has 142 valence electrons. The molecule has 4 rings (SSSR count). The van der Waals surface area contributed by atoms with E-state index in [0.717, 1.165) is 38.8 Å². The van der Waals surface area contributed by atoms with E-state index >= 15 is 0 Å². The van der Waals surface area contributed by atoms with Gasteiger partial charge in [-0.15, -0.1) is 0 Å². The summed E-state index contributed by atoms with van der Waals surface area (Å²) in [5.74, 6) is 1.91. The number of likely N-dealkylation sites (tertiary alicyclic amines) is 1. The van der Waals surface area contributed by atoms with Crippen LogP contribution in [0.25, 0.3) is 0 Å². The summed E-state index contributed by atoms with van der Waals surface area (Å²) in [7, 11) is 0. The molecular weight excluding hydrogens is 332 g/mol. The number of nitrogens with zero attached hydrogens (tertiary/aromatic N) is 1. The Hall–Kier alpha value is -2.13. The van der Waals surface area contributed by atoms with Crippen LogP contribution in [0.15, 0.2) is 60.7 Å². The molecule has 0 unspecified atom stereocenters. The molecule has 0 bridgehead atoms. The van der Waals surface area contributed by atoms with E-state index in [1.807, 2.05) is 6.07 Å². The van der Waals surface area contributed by atoms with Crippen LogP contribution >= 0.6 is 0 Å². The van der Waals surface area contributed by atoms with Gasteiger partial charge in [-0.2, -0.15) is 0 Å². The Balaban J connectivity index is 1.38. The number of carbonyl (C=O) groups excluding carboxylic acids is 1. The second-order valence-corrected chi connectivity index (χ2v) is 8.22. The first-order valence-electron chi connectivity index (χ1n) is 10.3. The lowest BCUT2D eigenvalue weighted by molar-refractivity contribution is -0.135. The summed E-state index contributed by atoms with van der Waals surface area (Å²) >= 11 is 0. The van der Waals surface area contributed by atoms with Crippen molar-refractivity contribution in [3.8, 4) is 0 Å². The fraction of sp³-hybridized carbons (Fsp3) is 0.458. The molecule has 1 amide bonds. The molecular formula is C24H30N2O. The Morgan fingerprint density at radius 2 is 1.44 bits per heavy atom. The maximum absolute atomic E-state index is 13.2. The molecule has 0 aromatic heterocycles. The fourth-order valence-corrected chi connectivity index (χ4v) is 5.03. The number of benzene rings is 2. The van der Waals surface area contributed by atoms with Crippen LogP contribution in [0.2, 0.25) is 0 Å². The molecule has 0 spiro atoms. The molecule has 1 aliphatic heterocycles. The highest BCUT2D eigenvalue weighted by Crippen LogP contribution is 2.38. The molecule has 27 heavy (non-hydrogen) atoms. The van der Waals surface area contributed by atoms with Gasteiger partial charge in [0.25, 0.3) is 0 Å². The average Bonchev–Trinajstić information content (AvgIpc) is 3.19. The van der Waals surface area contributed by atoms with Crippen LogP contribution in [-0.4, -0.2) is 30.4 Å². The summed E-state index contributed by atoms with van der Waals surface area (Å²) in [6.07, 6.45) is 4.27. The number of hydrogen-bond acceptors (Lipinski definition) is 2. The fourth-order valence-electron chi connectivity index (χ4n) is 5.03. The SMILES string of the molecule is NC[C@@H]1CN(C(=O)C2CCC(c3ccccc3)CC2)C[C@H]1c1ccccc1. The Morgan fingerprint density at radius 3 is 2.04 bits per heavy atom. The van der Waals surface area contributed by atoms with Crippen LogP contribution in [0.5, 0.6) is 0 Å². The second kappa shape index (κ2) is 8.26. The largest absolute Gasteiger partial charge is 0.341 e. The van der Waals surface area contributed by atoms with Gasteiger partial charge in [0.05, 0.1) is 0 Å². The van der Waals surface area contributed by atoms with E-state index < -0.39 is 0 Å². The molecule has 0 radical (unpaired) electrons. The summed E-state index contributed by atoms with van der Waals surface area (Å²) in [6.45, 7) is 2.28. The third-order valence-electron chi connectivity index (χ3n) is 6.63. The van der Waals surface area contributed by atoms with Crippen molar-refractivity contribution in [1.29, 1.82) is 0 Å². The molecule has 2 aliphatic rings. The number of rotatable bonds is 4. The highest BCUT2D eigenvalue weighted by molar-refractivity contribution is 5.79. The minimum Gasteiger partial charge on any atom is -0.341 e.